The number of benzene rings is 4. The van der Waals surface area contributed by atoms with E-state index in [2.05, 4.69) is 0 Å². The van der Waals surface area contributed by atoms with E-state index in [1.54, 1.807) is 29.2 Å². The van der Waals surface area contributed by atoms with Crippen LogP contribution in [0.4, 0.5) is 0 Å². The van der Waals surface area contributed by atoms with Crippen LogP contribution in [0.5, 0.6) is 0 Å². The van der Waals surface area contributed by atoms with E-state index in [-0.39, 0.29) is 5.91 Å². The van der Waals surface area contributed by atoms with Crippen LogP contribution in [-0.2, 0) is 11.2 Å². The van der Waals surface area contributed by atoms with Gasteiger partial charge in [-0.15, -0.1) is 0 Å². The van der Waals surface area contributed by atoms with E-state index in [0.717, 1.165) is 21.9 Å². The minimum atomic E-state index is -0.923. The molecule has 0 saturated heterocycles. The van der Waals surface area contributed by atoms with Crippen LogP contribution in [0, 0.1) is 0 Å². The van der Waals surface area contributed by atoms with Gasteiger partial charge < -0.3 is 10.0 Å². The van der Waals surface area contributed by atoms with Crippen molar-refractivity contribution in [3.05, 3.63) is 119 Å². The van der Waals surface area contributed by atoms with Gasteiger partial charge in [-0.3, -0.25) is 9.59 Å². The van der Waals surface area contributed by atoms with E-state index < -0.39 is 17.9 Å². The van der Waals surface area contributed by atoms with Gasteiger partial charge in [-0.05, 0) is 46.0 Å². The number of nitrogens with zero attached hydrogens (tertiary/aromatic N) is 1. The van der Waals surface area contributed by atoms with Gasteiger partial charge in [0.1, 0.15) is 5.92 Å². The lowest BCUT2D eigenvalue weighted by molar-refractivity contribution is -0.140. The second-order valence-electron chi connectivity index (χ2n) is 8.19. The van der Waals surface area contributed by atoms with Crippen LogP contribution < -0.4 is 0 Å². The van der Waals surface area contributed by atoms with E-state index >= 15 is 0 Å². The SMILES string of the molecule is O=C(O)[C@H]1c2ccccc2C(=O)N(CCc2ccccc2)[C@H]1c1ccc2ccccc2c1. The molecule has 4 aromatic rings. The molecule has 2 atom stereocenters. The highest BCUT2D eigenvalue weighted by atomic mass is 16.4. The molecule has 4 aromatic carbocycles. The number of carboxylic acids is 1. The molecule has 5 rings (SSSR count). The van der Waals surface area contributed by atoms with Gasteiger partial charge in [-0.2, -0.15) is 0 Å². The predicted molar refractivity (Wildman–Crippen MR) is 125 cm³/mol. The summed E-state index contributed by atoms with van der Waals surface area (Å²) in [6.45, 7) is 0.443. The van der Waals surface area contributed by atoms with Gasteiger partial charge in [0.2, 0.25) is 0 Å². The predicted octanol–water partition coefficient (Wildman–Crippen LogP) is 5.45. The number of fused-ring (bicyclic) bond motifs is 2. The summed E-state index contributed by atoms with van der Waals surface area (Å²) in [5, 5.41) is 12.4. The molecule has 0 fully saturated rings. The molecule has 158 valence electrons. The molecule has 1 heterocycles. The smallest absolute Gasteiger partial charge is 0.313 e. The van der Waals surface area contributed by atoms with Crippen molar-refractivity contribution in [1.29, 1.82) is 0 Å². The number of hydrogen-bond acceptors (Lipinski definition) is 2. The summed E-state index contributed by atoms with van der Waals surface area (Å²) in [5.74, 6) is -1.87. The third-order valence-corrected chi connectivity index (χ3v) is 6.30. The molecule has 0 bridgehead atoms. The molecule has 1 aliphatic rings. The van der Waals surface area contributed by atoms with Gasteiger partial charge in [-0.1, -0.05) is 84.9 Å². The average molecular weight is 421 g/mol. The summed E-state index contributed by atoms with van der Waals surface area (Å²) in [6.07, 6.45) is 0.658. The first kappa shape index (κ1) is 20.0. The van der Waals surface area contributed by atoms with Crippen LogP contribution in [-0.4, -0.2) is 28.4 Å². The molecular formula is C28H23NO3. The molecule has 4 nitrogen and oxygen atoms in total. The maximum absolute atomic E-state index is 13.6. The highest BCUT2D eigenvalue weighted by molar-refractivity contribution is 6.00. The Morgan fingerprint density at radius 3 is 2.28 bits per heavy atom. The lowest BCUT2D eigenvalue weighted by Gasteiger charge is -2.41. The fraction of sp³-hybridized carbons (Fsp3) is 0.143. The topological polar surface area (TPSA) is 57.6 Å². The summed E-state index contributed by atoms with van der Waals surface area (Å²) in [4.78, 5) is 27.9. The summed E-state index contributed by atoms with van der Waals surface area (Å²) in [6, 6.07) is 30.5. The van der Waals surface area contributed by atoms with E-state index in [9.17, 15) is 14.7 Å². The molecular weight excluding hydrogens is 398 g/mol. The largest absolute Gasteiger partial charge is 0.481 e. The first-order chi connectivity index (χ1) is 15.6. The molecule has 0 radical (unpaired) electrons. The summed E-state index contributed by atoms with van der Waals surface area (Å²) >= 11 is 0. The summed E-state index contributed by atoms with van der Waals surface area (Å²) in [5.41, 5.74) is 3.01. The molecule has 0 spiro atoms. The van der Waals surface area contributed by atoms with Crippen LogP contribution in [0.15, 0.2) is 97.1 Å². The first-order valence-electron chi connectivity index (χ1n) is 10.8. The number of carbonyl (C=O) groups excluding carboxylic acids is 1. The van der Waals surface area contributed by atoms with Crippen molar-refractivity contribution in [3.63, 3.8) is 0 Å². The Morgan fingerprint density at radius 1 is 0.812 bits per heavy atom. The van der Waals surface area contributed by atoms with E-state index in [1.807, 2.05) is 72.8 Å². The third-order valence-electron chi connectivity index (χ3n) is 6.30. The second-order valence-corrected chi connectivity index (χ2v) is 8.19. The standard InChI is InChI=1S/C28H23NO3/c30-27-24-13-7-6-12-23(24)25(28(31)32)26(29(27)17-16-19-8-2-1-3-9-19)22-15-14-20-10-4-5-11-21(20)18-22/h1-15,18,25-26H,16-17H2,(H,31,32)/t25-,26-/m0/s1. The summed E-state index contributed by atoms with van der Waals surface area (Å²) in [7, 11) is 0. The van der Waals surface area contributed by atoms with Crippen LogP contribution >= 0.6 is 0 Å². The third kappa shape index (κ3) is 3.54. The number of carbonyl (C=O) groups is 2. The molecule has 0 saturated carbocycles. The van der Waals surface area contributed by atoms with E-state index in [4.69, 9.17) is 0 Å². The number of carboxylic acid groups (broad SMARTS) is 1. The lowest BCUT2D eigenvalue weighted by atomic mass is 9.79. The molecule has 0 aromatic heterocycles. The monoisotopic (exact) mass is 421 g/mol. The second kappa shape index (κ2) is 8.31. The van der Waals surface area contributed by atoms with E-state index in [1.165, 1.54) is 0 Å². The lowest BCUT2D eigenvalue weighted by Crippen LogP contribution is -2.45. The van der Waals surface area contributed by atoms with Gasteiger partial charge in [0, 0.05) is 12.1 Å². The van der Waals surface area contributed by atoms with Crippen molar-refractivity contribution >= 4 is 22.6 Å². The van der Waals surface area contributed by atoms with Crippen molar-refractivity contribution in [2.24, 2.45) is 0 Å². The Morgan fingerprint density at radius 2 is 1.50 bits per heavy atom. The van der Waals surface area contributed by atoms with Crippen LogP contribution in [0.3, 0.4) is 0 Å². The Hall–Kier alpha value is -3.92. The van der Waals surface area contributed by atoms with Crippen LogP contribution in [0.2, 0.25) is 0 Å². The molecule has 1 N–H and O–H groups in total. The van der Waals surface area contributed by atoms with Crippen molar-refractivity contribution in [2.45, 2.75) is 18.4 Å². The Bertz CT molecular complexity index is 1300. The van der Waals surface area contributed by atoms with Gasteiger partial charge in [0.15, 0.2) is 0 Å². The summed E-state index contributed by atoms with van der Waals surface area (Å²) < 4.78 is 0. The molecule has 1 aliphatic heterocycles. The van der Waals surface area contributed by atoms with Gasteiger partial charge in [0.05, 0.1) is 6.04 Å². The van der Waals surface area contributed by atoms with Gasteiger partial charge in [0.25, 0.3) is 5.91 Å². The number of aliphatic carboxylic acids is 1. The molecule has 0 unspecified atom stereocenters. The van der Waals surface area contributed by atoms with Crippen molar-refractivity contribution in [3.8, 4) is 0 Å². The van der Waals surface area contributed by atoms with Crippen molar-refractivity contribution < 1.29 is 14.7 Å². The fourth-order valence-corrected chi connectivity index (χ4v) is 4.76. The quantitative estimate of drug-likeness (QED) is 0.466. The van der Waals surface area contributed by atoms with Crippen molar-refractivity contribution in [2.75, 3.05) is 6.54 Å². The Labute approximate surface area is 186 Å². The van der Waals surface area contributed by atoms with Crippen molar-refractivity contribution in [1.82, 2.24) is 4.90 Å². The molecule has 0 aliphatic carbocycles. The van der Waals surface area contributed by atoms with E-state index in [0.29, 0.717) is 24.1 Å². The molecule has 4 heteroatoms. The maximum Gasteiger partial charge on any atom is 0.313 e. The maximum atomic E-state index is 13.6. The Balaban J connectivity index is 1.63. The van der Waals surface area contributed by atoms with Gasteiger partial charge >= 0.3 is 5.97 Å². The number of rotatable bonds is 5. The number of amides is 1. The van der Waals surface area contributed by atoms with Crippen LogP contribution in [0.1, 0.15) is 39.0 Å². The highest BCUT2D eigenvalue weighted by Gasteiger charge is 2.44. The average Bonchev–Trinajstić information content (AvgIpc) is 2.83. The minimum Gasteiger partial charge on any atom is -0.481 e. The fourth-order valence-electron chi connectivity index (χ4n) is 4.76. The zero-order chi connectivity index (χ0) is 22.1. The highest BCUT2D eigenvalue weighted by Crippen LogP contribution is 2.43. The molecule has 32 heavy (non-hydrogen) atoms. The normalized spacial score (nSPS) is 17.9. The minimum absolute atomic E-state index is 0.118. The van der Waals surface area contributed by atoms with Gasteiger partial charge in [-0.25, -0.2) is 0 Å². The zero-order valence-corrected chi connectivity index (χ0v) is 17.5. The molecule has 1 amide bonds. The number of hydrogen-bond donors (Lipinski definition) is 1. The zero-order valence-electron chi connectivity index (χ0n) is 17.5. The van der Waals surface area contributed by atoms with Crippen LogP contribution in [0.25, 0.3) is 10.8 Å². The Kier molecular flexibility index (Phi) is 5.20. The first-order valence-corrected chi connectivity index (χ1v) is 10.8.